The minimum absolute atomic E-state index is 0.0563. The van der Waals surface area contributed by atoms with Gasteiger partial charge in [0.25, 0.3) is 5.91 Å². The number of hydrogen-bond acceptors (Lipinski definition) is 4. The van der Waals surface area contributed by atoms with Gasteiger partial charge in [-0.3, -0.25) is 4.79 Å². The second-order valence-electron chi connectivity index (χ2n) is 5.41. The molecule has 7 nitrogen and oxygen atoms in total. The molecule has 3 rings (SSSR count). The number of rotatable bonds is 3. The van der Waals surface area contributed by atoms with E-state index >= 15 is 0 Å². The fourth-order valence-electron chi connectivity index (χ4n) is 2.90. The molecule has 2 aliphatic heterocycles. The number of piperidine rings is 1. The molecule has 2 aliphatic rings. The Kier molecular flexibility index (Phi) is 3.96. The number of amides is 2. The normalized spacial score (nSPS) is 26.8. The van der Waals surface area contributed by atoms with Crippen LogP contribution in [0.5, 0.6) is 5.75 Å². The molecule has 2 heterocycles. The number of benzene rings is 1. The van der Waals surface area contributed by atoms with Crippen LogP contribution in [0.3, 0.4) is 0 Å². The summed E-state index contributed by atoms with van der Waals surface area (Å²) in [6, 6.07) is 5.04. The van der Waals surface area contributed by atoms with Crippen molar-refractivity contribution in [2.24, 2.45) is 11.7 Å². The minimum Gasteiger partial charge on any atom is -0.486 e. The van der Waals surface area contributed by atoms with Crippen LogP contribution in [0, 0.1) is 5.92 Å². The van der Waals surface area contributed by atoms with Gasteiger partial charge in [-0.1, -0.05) is 15.9 Å². The van der Waals surface area contributed by atoms with Gasteiger partial charge in [0.15, 0.2) is 0 Å². The van der Waals surface area contributed by atoms with Crippen LogP contribution in [0.25, 0.3) is 0 Å². The third-order valence-corrected chi connectivity index (χ3v) is 4.44. The number of hydrogen-bond donors (Lipinski definition) is 2. The first-order chi connectivity index (χ1) is 10.5. The number of likely N-dealkylation sites (tertiary alicyclic amines) is 1. The van der Waals surface area contributed by atoms with Crippen LogP contribution in [0.2, 0.25) is 0 Å². The lowest BCUT2D eigenvalue weighted by Crippen LogP contribution is -2.52. The Labute approximate surface area is 135 Å². The van der Waals surface area contributed by atoms with E-state index in [2.05, 4.69) is 15.9 Å². The number of carbonyl (C=O) groups excluding carboxylic acids is 1. The molecular formula is C14H15BrN2O5. The SMILES string of the molecule is NC(=O)c1cc(Br)ccc1OC1[C@@H]2CO[C@H]1CN(C(=O)O)C2. The monoisotopic (exact) mass is 370 g/mol. The summed E-state index contributed by atoms with van der Waals surface area (Å²) >= 11 is 3.29. The summed E-state index contributed by atoms with van der Waals surface area (Å²) in [6.45, 7) is 1.07. The Hall–Kier alpha value is -1.80. The molecule has 118 valence electrons. The summed E-state index contributed by atoms with van der Waals surface area (Å²) in [7, 11) is 0. The van der Waals surface area contributed by atoms with E-state index in [1.54, 1.807) is 18.2 Å². The van der Waals surface area contributed by atoms with E-state index in [1.807, 2.05) is 0 Å². The van der Waals surface area contributed by atoms with Crippen LogP contribution in [-0.2, 0) is 4.74 Å². The van der Waals surface area contributed by atoms with Crippen molar-refractivity contribution >= 4 is 27.9 Å². The van der Waals surface area contributed by atoms with Crippen molar-refractivity contribution in [3.63, 3.8) is 0 Å². The molecule has 8 heteroatoms. The molecule has 2 bridgehead atoms. The molecule has 0 aliphatic carbocycles. The fourth-order valence-corrected chi connectivity index (χ4v) is 3.26. The van der Waals surface area contributed by atoms with E-state index in [4.69, 9.17) is 20.3 Å². The maximum Gasteiger partial charge on any atom is 0.407 e. The molecule has 0 saturated carbocycles. The van der Waals surface area contributed by atoms with Crippen molar-refractivity contribution < 1.29 is 24.2 Å². The smallest absolute Gasteiger partial charge is 0.407 e. The summed E-state index contributed by atoms with van der Waals surface area (Å²) in [5.74, 6) is -0.239. The highest BCUT2D eigenvalue weighted by Crippen LogP contribution is 2.33. The van der Waals surface area contributed by atoms with E-state index in [0.29, 0.717) is 18.9 Å². The van der Waals surface area contributed by atoms with Crippen LogP contribution >= 0.6 is 15.9 Å². The number of ether oxygens (including phenoxy) is 2. The van der Waals surface area contributed by atoms with Gasteiger partial charge < -0.3 is 25.2 Å². The lowest BCUT2D eigenvalue weighted by molar-refractivity contribution is 0.00824. The van der Waals surface area contributed by atoms with Crippen molar-refractivity contribution in [3.05, 3.63) is 28.2 Å². The van der Waals surface area contributed by atoms with E-state index in [9.17, 15) is 9.59 Å². The van der Waals surface area contributed by atoms with E-state index in [-0.39, 0.29) is 30.2 Å². The van der Waals surface area contributed by atoms with Gasteiger partial charge in [0.05, 0.1) is 18.7 Å². The highest BCUT2D eigenvalue weighted by Gasteiger charge is 2.46. The Bertz CT molecular complexity index is 609. The Morgan fingerprint density at radius 3 is 2.82 bits per heavy atom. The first kappa shape index (κ1) is 15.1. The number of primary amides is 1. The number of fused-ring (bicyclic) bond motifs is 2. The number of halogens is 1. The van der Waals surface area contributed by atoms with Crippen molar-refractivity contribution in [3.8, 4) is 5.75 Å². The fraction of sp³-hybridized carbons (Fsp3) is 0.429. The molecule has 1 aromatic rings. The number of carboxylic acid groups (broad SMARTS) is 1. The van der Waals surface area contributed by atoms with Crippen LogP contribution in [0.15, 0.2) is 22.7 Å². The number of nitrogens with two attached hydrogens (primary N) is 1. The predicted octanol–water partition coefficient (Wildman–Crippen LogP) is 1.30. The van der Waals surface area contributed by atoms with Gasteiger partial charge in [0.1, 0.15) is 18.0 Å². The highest BCUT2D eigenvalue weighted by atomic mass is 79.9. The van der Waals surface area contributed by atoms with Crippen LogP contribution in [-0.4, -0.2) is 53.9 Å². The first-order valence-electron chi connectivity index (χ1n) is 6.81. The Morgan fingerprint density at radius 2 is 2.18 bits per heavy atom. The van der Waals surface area contributed by atoms with Gasteiger partial charge in [0.2, 0.25) is 0 Å². The molecule has 0 radical (unpaired) electrons. The summed E-state index contributed by atoms with van der Waals surface area (Å²) in [5, 5.41) is 9.09. The third-order valence-electron chi connectivity index (χ3n) is 3.95. The molecule has 0 aromatic heterocycles. The van der Waals surface area contributed by atoms with Gasteiger partial charge in [-0.15, -0.1) is 0 Å². The summed E-state index contributed by atoms with van der Waals surface area (Å²) in [4.78, 5) is 24.0. The van der Waals surface area contributed by atoms with E-state index in [1.165, 1.54) is 4.90 Å². The molecule has 3 N–H and O–H groups in total. The van der Waals surface area contributed by atoms with Crippen LogP contribution in [0.4, 0.5) is 4.79 Å². The van der Waals surface area contributed by atoms with Crippen molar-refractivity contribution in [1.82, 2.24) is 4.90 Å². The Balaban J connectivity index is 1.80. The molecule has 2 fully saturated rings. The van der Waals surface area contributed by atoms with Gasteiger partial charge in [-0.25, -0.2) is 4.79 Å². The summed E-state index contributed by atoms with van der Waals surface area (Å²) in [6.07, 6.45) is -1.57. The van der Waals surface area contributed by atoms with Gasteiger partial charge in [-0.2, -0.15) is 0 Å². The van der Waals surface area contributed by atoms with Gasteiger partial charge >= 0.3 is 6.09 Å². The number of carbonyl (C=O) groups is 2. The highest BCUT2D eigenvalue weighted by molar-refractivity contribution is 9.10. The molecule has 2 amide bonds. The van der Waals surface area contributed by atoms with E-state index in [0.717, 1.165) is 4.47 Å². The van der Waals surface area contributed by atoms with Gasteiger partial charge in [-0.05, 0) is 18.2 Å². The summed E-state index contributed by atoms with van der Waals surface area (Å²) < 4.78 is 12.3. The minimum atomic E-state index is -0.958. The zero-order chi connectivity index (χ0) is 15.9. The standard InChI is InChI=1S/C14H15BrN2O5/c15-8-1-2-10(9(3-8)13(16)18)22-12-7-4-17(14(19)20)5-11(12)21-6-7/h1-3,7,11-12H,4-6H2,(H2,16,18)(H,19,20)/t7-,11-,12?/m0/s1. The quantitative estimate of drug-likeness (QED) is 0.834. The molecule has 2 saturated heterocycles. The maximum atomic E-state index is 11.5. The second-order valence-corrected chi connectivity index (χ2v) is 6.32. The average Bonchev–Trinajstić information content (AvgIpc) is 2.70. The third kappa shape index (κ3) is 2.76. The molecule has 0 spiro atoms. The van der Waals surface area contributed by atoms with Crippen molar-refractivity contribution in [2.75, 3.05) is 19.7 Å². The zero-order valence-corrected chi connectivity index (χ0v) is 13.2. The van der Waals surface area contributed by atoms with Crippen molar-refractivity contribution in [2.45, 2.75) is 12.2 Å². The number of nitrogens with zero attached hydrogens (tertiary/aromatic N) is 1. The predicted molar refractivity (Wildman–Crippen MR) is 79.9 cm³/mol. The Morgan fingerprint density at radius 1 is 1.41 bits per heavy atom. The first-order valence-corrected chi connectivity index (χ1v) is 7.60. The maximum absolute atomic E-state index is 11.5. The average molecular weight is 371 g/mol. The van der Waals surface area contributed by atoms with Crippen LogP contribution in [0.1, 0.15) is 10.4 Å². The molecular weight excluding hydrogens is 356 g/mol. The van der Waals surface area contributed by atoms with Crippen LogP contribution < -0.4 is 10.5 Å². The topological polar surface area (TPSA) is 102 Å². The second kappa shape index (κ2) is 5.77. The van der Waals surface area contributed by atoms with E-state index < -0.39 is 12.0 Å². The molecule has 3 atom stereocenters. The molecule has 1 unspecified atom stereocenters. The molecule has 22 heavy (non-hydrogen) atoms. The van der Waals surface area contributed by atoms with Gasteiger partial charge in [0, 0.05) is 16.9 Å². The van der Waals surface area contributed by atoms with Crippen molar-refractivity contribution in [1.29, 1.82) is 0 Å². The lowest BCUT2D eigenvalue weighted by atomic mass is 9.96. The zero-order valence-electron chi connectivity index (χ0n) is 11.6. The lowest BCUT2D eigenvalue weighted by Gasteiger charge is -2.34. The largest absolute Gasteiger partial charge is 0.486 e. The summed E-state index contributed by atoms with van der Waals surface area (Å²) in [5.41, 5.74) is 5.66. The molecule has 1 aromatic carbocycles.